The van der Waals surface area contributed by atoms with Crippen LogP contribution < -0.4 is 0 Å². The van der Waals surface area contributed by atoms with E-state index in [2.05, 4.69) is 0 Å². The lowest BCUT2D eigenvalue weighted by Crippen LogP contribution is -2.41. The fourth-order valence-corrected chi connectivity index (χ4v) is 1.94. The van der Waals surface area contributed by atoms with Gasteiger partial charge in [0.1, 0.15) is 0 Å². The predicted octanol–water partition coefficient (Wildman–Crippen LogP) is 2.87. The zero-order chi connectivity index (χ0) is 15.4. The van der Waals surface area contributed by atoms with Crippen LogP contribution in [0.4, 0.5) is 0 Å². The van der Waals surface area contributed by atoms with E-state index in [0.717, 1.165) is 11.1 Å². The molecule has 0 bridgehead atoms. The maximum Gasteiger partial charge on any atom is 0.308 e. The van der Waals surface area contributed by atoms with Crippen LogP contribution in [0.1, 0.15) is 42.3 Å². The Morgan fingerprint density at radius 2 is 1.75 bits per heavy atom. The number of carbonyl (C=O) groups is 2. The molecule has 0 radical (unpaired) electrons. The smallest absolute Gasteiger partial charge is 0.308 e. The van der Waals surface area contributed by atoms with Gasteiger partial charge in [-0.15, -0.1) is 0 Å². The molecule has 0 aromatic heterocycles. The van der Waals surface area contributed by atoms with Crippen molar-refractivity contribution in [3.8, 4) is 0 Å². The number of aliphatic carboxylic acids is 1. The highest BCUT2D eigenvalue weighted by Crippen LogP contribution is 2.15. The molecule has 0 aliphatic rings. The third-order valence-corrected chi connectivity index (χ3v) is 3.53. The maximum absolute atomic E-state index is 12.5. The lowest BCUT2D eigenvalue weighted by Gasteiger charge is -2.28. The number of rotatable bonds is 5. The van der Waals surface area contributed by atoms with Gasteiger partial charge in [-0.05, 0) is 51.0 Å². The average molecular weight is 277 g/mol. The fourth-order valence-electron chi connectivity index (χ4n) is 1.94. The number of aryl methyl sites for hydroxylation is 2. The zero-order valence-electron chi connectivity index (χ0n) is 12.8. The van der Waals surface area contributed by atoms with Gasteiger partial charge >= 0.3 is 5.97 Å². The number of carboxylic acid groups (broad SMARTS) is 1. The Kier molecular flexibility index (Phi) is 5.31. The second kappa shape index (κ2) is 6.55. The van der Waals surface area contributed by atoms with Crippen molar-refractivity contribution in [1.82, 2.24) is 4.90 Å². The largest absolute Gasteiger partial charge is 0.481 e. The number of amides is 1. The second-order valence-corrected chi connectivity index (χ2v) is 5.59. The van der Waals surface area contributed by atoms with Gasteiger partial charge in [0, 0.05) is 18.2 Å². The van der Waals surface area contributed by atoms with E-state index in [1.54, 1.807) is 17.9 Å². The summed E-state index contributed by atoms with van der Waals surface area (Å²) in [5.41, 5.74) is 2.81. The molecule has 1 aromatic carbocycles. The van der Waals surface area contributed by atoms with Crippen molar-refractivity contribution in [2.24, 2.45) is 5.92 Å². The van der Waals surface area contributed by atoms with Crippen molar-refractivity contribution < 1.29 is 14.7 Å². The molecule has 0 spiro atoms. The van der Waals surface area contributed by atoms with E-state index in [9.17, 15) is 9.59 Å². The van der Waals surface area contributed by atoms with Gasteiger partial charge in [-0.1, -0.05) is 13.0 Å². The number of nitrogens with zero attached hydrogens (tertiary/aromatic N) is 1. The topological polar surface area (TPSA) is 57.6 Å². The molecule has 110 valence electrons. The summed E-state index contributed by atoms with van der Waals surface area (Å²) in [5, 5.41) is 9.01. The molecule has 1 rings (SSSR count). The molecule has 1 amide bonds. The summed E-state index contributed by atoms with van der Waals surface area (Å²) in [6.45, 7) is 9.59. The summed E-state index contributed by atoms with van der Waals surface area (Å²) in [6, 6.07) is 5.54. The number of hydrogen-bond donors (Lipinski definition) is 1. The maximum atomic E-state index is 12.5. The minimum Gasteiger partial charge on any atom is -0.481 e. The second-order valence-electron chi connectivity index (χ2n) is 5.59. The van der Waals surface area contributed by atoms with E-state index < -0.39 is 11.9 Å². The summed E-state index contributed by atoms with van der Waals surface area (Å²) in [6.07, 6.45) is 0. The van der Waals surface area contributed by atoms with Crippen molar-refractivity contribution in [2.45, 2.75) is 40.7 Å². The van der Waals surface area contributed by atoms with Crippen molar-refractivity contribution in [2.75, 3.05) is 6.54 Å². The van der Waals surface area contributed by atoms with Crippen molar-refractivity contribution in [1.29, 1.82) is 0 Å². The molecule has 0 aliphatic heterocycles. The first-order chi connectivity index (χ1) is 9.23. The van der Waals surface area contributed by atoms with Crippen LogP contribution in [0.2, 0.25) is 0 Å². The molecular formula is C16H23NO3. The monoisotopic (exact) mass is 277 g/mol. The molecule has 1 atom stereocenters. The highest BCUT2D eigenvalue weighted by atomic mass is 16.4. The van der Waals surface area contributed by atoms with Crippen LogP contribution in [-0.4, -0.2) is 34.5 Å². The van der Waals surface area contributed by atoms with Crippen molar-refractivity contribution in [3.05, 3.63) is 34.9 Å². The lowest BCUT2D eigenvalue weighted by molar-refractivity contribution is -0.141. The molecule has 4 nitrogen and oxygen atoms in total. The van der Waals surface area contributed by atoms with E-state index in [1.807, 2.05) is 39.8 Å². The Balaban J connectivity index is 2.99. The van der Waals surface area contributed by atoms with E-state index in [-0.39, 0.29) is 18.5 Å². The Labute approximate surface area is 120 Å². The van der Waals surface area contributed by atoms with Crippen molar-refractivity contribution >= 4 is 11.9 Å². The molecule has 0 saturated carbocycles. The summed E-state index contributed by atoms with van der Waals surface area (Å²) in [7, 11) is 0. The fraction of sp³-hybridized carbons (Fsp3) is 0.500. The first-order valence-electron chi connectivity index (χ1n) is 6.85. The van der Waals surface area contributed by atoms with Gasteiger partial charge in [0.25, 0.3) is 5.91 Å². The molecule has 1 N–H and O–H groups in total. The van der Waals surface area contributed by atoms with Crippen molar-refractivity contribution in [3.63, 3.8) is 0 Å². The molecule has 1 aromatic rings. The van der Waals surface area contributed by atoms with Gasteiger partial charge in [-0.3, -0.25) is 9.59 Å². The molecule has 0 aliphatic carbocycles. The number of carboxylic acids is 1. The molecule has 1 unspecified atom stereocenters. The van der Waals surface area contributed by atoms with Crippen LogP contribution in [0.5, 0.6) is 0 Å². The number of hydrogen-bond acceptors (Lipinski definition) is 2. The zero-order valence-corrected chi connectivity index (χ0v) is 12.8. The van der Waals surface area contributed by atoms with Gasteiger partial charge in [0.15, 0.2) is 0 Å². The van der Waals surface area contributed by atoms with Crippen LogP contribution in [0.25, 0.3) is 0 Å². The Bertz CT molecular complexity index is 508. The molecule has 0 heterocycles. The number of carbonyl (C=O) groups excluding carboxylic acids is 1. The van der Waals surface area contributed by atoms with E-state index in [4.69, 9.17) is 5.11 Å². The lowest BCUT2D eigenvalue weighted by atomic mass is 10.0. The minimum atomic E-state index is -0.886. The first-order valence-corrected chi connectivity index (χ1v) is 6.85. The third kappa shape index (κ3) is 3.83. The van der Waals surface area contributed by atoms with Gasteiger partial charge in [-0.25, -0.2) is 0 Å². The summed E-state index contributed by atoms with van der Waals surface area (Å²) < 4.78 is 0. The minimum absolute atomic E-state index is 0.0362. The third-order valence-electron chi connectivity index (χ3n) is 3.53. The highest BCUT2D eigenvalue weighted by Gasteiger charge is 2.23. The Morgan fingerprint density at radius 3 is 2.20 bits per heavy atom. The van der Waals surface area contributed by atoms with Gasteiger partial charge in [0.05, 0.1) is 5.92 Å². The van der Waals surface area contributed by atoms with Crippen LogP contribution in [-0.2, 0) is 4.79 Å². The average Bonchev–Trinajstić information content (AvgIpc) is 2.37. The van der Waals surface area contributed by atoms with Gasteiger partial charge in [0.2, 0.25) is 0 Å². The summed E-state index contributed by atoms with van der Waals surface area (Å²) >= 11 is 0. The first kappa shape index (κ1) is 16.2. The van der Waals surface area contributed by atoms with E-state index in [0.29, 0.717) is 5.56 Å². The molecule has 20 heavy (non-hydrogen) atoms. The molecular weight excluding hydrogens is 254 g/mol. The molecule has 4 heteroatoms. The predicted molar refractivity (Wildman–Crippen MR) is 78.9 cm³/mol. The standard InChI is InChI=1S/C16H23NO3/c1-10(2)17(9-13(5)16(19)20)15(18)14-7-6-11(3)12(4)8-14/h6-8,10,13H,9H2,1-5H3,(H,19,20). The highest BCUT2D eigenvalue weighted by molar-refractivity contribution is 5.95. The van der Waals surface area contributed by atoms with Gasteiger partial charge in [-0.2, -0.15) is 0 Å². The van der Waals surface area contributed by atoms with Gasteiger partial charge < -0.3 is 10.0 Å². The van der Waals surface area contributed by atoms with Crippen LogP contribution in [0.3, 0.4) is 0 Å². The summed E-state index contributed by atoms with van der Waals surface area (Å²) in [5.74, 6) is -1.58. The van der Waals surface area contributed by atoms with E-state index >= 15 is 0 Å². The molecule has 0 saturated heterocycles. The Morgan fingerprint density at radius 1 is 1.15 bits per heavy atom. The van der Waals surface area contributed by atoms with Crippen LogP contribution in [0.15, 0.2) is 18.2 Å². The molecule has 0 fully saturated rings. The Hall–Kier alpha value is -1.84. The van der Waals surface area contributed by atoms with Crippen LogP contribution >= 0.6 is 0 Å². The van der Waals surface area contributed by atoms with Crippen LogP contribution in [0, 0.1) is 19.8 Å². The summed E-state index contributed by atoms with van der Waals surface area (Å²) in [4.78, 5) is 25.1. The SMILES string of the molecule is Cc1ccc(C(=O)N(CC(C)C(=O)O)C(C)C)cc1C. The quantitative estimate of drug-likeness (QED) is 0.900. The van der Waals surface area contributed by atoms with E-state index in [1.165, 1.54) is 0 Å². The number of benzene rings is 1. The normalized spacial score (nSPS) is 12.3.